The molecular weight excluding hydrogens is 394 g/mol. The normalized spacial score (nSPS) is 16.0. The van der Waals surface area contributed by atoms with E-state index in [1.165, 1.54) is 24.3 Å². The summed E-state index contributed by atoms with van der Waals surface area (Å²) in [6.07, 6.45) is 1.61. The van der Waals surface area contributed by atoms with Crippen LogP contribution >= 0.6 is 0 Å². The van der Waals surface area contributed by atoms with Gasteiger partial charge < -0.3 is 9.32 Å². The van der Waals surface area contributed by atoms with Crippen LogP contribution in [-0.2, 0) is 0 Å². The summed E-state index contributed by atoms with van der Waals surface area (Å²) in [4.78, 5) is 29.9. The number of likely N-dealkylation sites (tertiary alicyclic amines) is 1. The molecule has 0 radical (unpaired) electrons. The highest BCUT2D eigenvalue weighted by Gasteiger charge is 2.34. The molecule has 4 aromatic rings. The zero-order valence-electron chi connectivity index (χ0n) is 16.6. The summed E-state index contributed by atoms with van der Waals surface area (Å²) in [6.45, 7) is 0.592. The smallest absolute Gasteiger partial charge is 0.269 e. The minimum atomic E-state index is -0.477. The summed E-state index contributed by atoms with van der Waals surface area (Å²) in [5.74, 6) is 0.345. The molecule has 0 bridgehead atoms. The Kier molecular flexibility index (Phi) is 4.71. The number of nitrogens with zero attached hydrogens (tertiary/aromatic N) is 3. The number of carbonyl (C=O) groups excluding carboxylic acids is 1. The number of carbonyl (C=O) groups is 1. The highest BCUT2D eigenvalue weighted by Crippen LogP contribution is 2.35. The topological polar surface area (TPSA) is 89.5 Å². The van der Waals surface area contributed by atoms with Crippen molar-refractivity contribution in [2.45, 2.75) is 18.9 Å². The third-order valence-electron chi connectivity index (χ3n) is 5.64. The first-order valence-electron chi connectivity index (χ1n) is 10.1. The van der Waals surface area contributed by atoms with Crippen molar-refractivity contribution in [2.75, 3.05) is 6.54 Å². The molecule has 7 nitrogen and oxygen atoms in total. The lowest BCUT2D eigenvalue weighted by Gasteiger charge is -2.22. The van der Waals surface area contributed by atoms with E-state index in [0.29, 0.717) is 23.6 Å². The Balaban J connectivity index is 1.43. The molecule has 3 aromatic carbocycles. The molecule has 7 heteroatoms. The van der Waals surface area contributed by atoms with Crippen LogP contribution in [0.5, 0.6) is 0 Å². The quantitative estimate of drug-likeness (QED) is 0.331. The van der Waals surface area contributed by atoms with Crippen molar-refractivity contribution in [3.05, 3.63) is 94.4 Å². The van der Waals surface area contributed by atoms with Gasteiger partial charge in [-0.25, -0.2) is 4.98 Å². The number of aromatic nitrogens is 1. The predicted molar refractivity (Wildman–Crippen MR) is 116 cm³/mol. The predicted octanol–water partition coefficient (Wildman–Crippen LogP) is 5.38. The number of oxazole rings is 1. The van der Waals surface area contributed by atoms with E-state index in [9.17, 15) is 14.9 Å². The number of fused-ring (bicyclic) bond motifs is 1. The minimum Gasteiger partial charge on any atom is -0.438 e. The van der Waals surface area contributed by atoms with Crippen LogP contribution in [0, 0.1) is 10.1 Å². The summed E-state index contributed by atoms with van der Waals surface area (Å²) < 4.78 is 6.02. The molecule has 1 amide bonds. The second kappa shape index (κ2) is 7.68. The first kappa shape index (κ1) is 19.0. The first-order valence-corrected chi connectivity index (χ1v) is 10.1. The molecule has 1 saturated heterocycles. The van der Waals surface area contributed by atoms with E-state index in [0.717, 1.165) is 29.5 Å². The maximum Gasteiger partial charge on any atom is 0.269 e. The van der Waals surface area contributed by atoms with Gasteiger partial charge in [-0.15, -0.1) is 0 Å². The van der Waals surface area contributed by atoms with Gasteiger partial charge in [0.05, 0.1) is 4.92 Å². The van der Waals surface area contributed by atoms with Crippen molar-refractivity contribution in [3.63, 3.8) is 0 Å². The molecule has 0 N–H and O–H groups in total. The van der Waals surface area contributed by atoms with Crippen molar-refractivity contribution in [2.24, 2.45) is 0 Å². The number of hydrogen-bond donors (Lipinski definition) is 0. The van der Waals surface area contributed by atoms with Crippen LogP contribution < -0.4 is 0 Å². The number of hydrogen-bond acceptors (Lipinski definition) is 5. The van der Waals surface area contributed by atoms with Crippen LogP contribution in [-0.4, -0.2) is 27.3 Å². The van der Waals surface area contributed by atoms with Crippen molar-refractivity contribution in [1.29, 1.82) is 0 Å². The third kappa shape index (κ3) is 3.54. The molecular formula is C24H19N3O4. The van der Waals surface area contributed by atoms with Crippen LogP contribution in [0.2, 0.25) is 0 Å². The minimum absolute atomic E-state index is 0.0392. The van der Waals surface area contributed by atoms with Gasteiger partial charge in [-0.05, 0) is 48.2 Å². The lowest BCUT2D eigenvalue weighted by molar-refractivity contribution is -0.384. The lowest BCUT2D eigenvalue weighted by Crippen LogP contribution is -2.30. The molecule has 1 aliphatic rings. The van der Waals surface area contributed by atoms with E-state index in [4.69, 9.17) is 9.40 Å². The molecule has 2 heterocycles. The number of rotatable bonds is 4. The van der Waals surface area contributed by atoms with Gasteiger partial charge in [-0.3, -0.25) is 14.9 Å². The van der Waals surface area contributed by atoms with Gasteiger partial charge in [0, 0.05) is 24.2 Å². The van der Waals surface area contributed by atoms with Gasteiger partial charge >= 0.3 is 0 Å². The highest BCUT2D eigenvalue weighted by atomic mass is 16.6. The fourth-order valence-corrected chi connectivity index (χ4v) is 4.06. The lowest BCUT2D eigenvalue weighted by atomic mass is 10.1. The SMILES string of the molecule is O=C(c1ccc([N+](=O)[O-])cc1)N1CCC[C@H]1c1nc2cc(-c3ccccc3)ccc2o1. The fraction of sp³-hybridized carbons (Fsp3) is 0.167. The van der Waals surface area contributed by atoms with E-state index in [2.05, 4.69) is 0 Å². The van der Waals surface area contributed by atoms with Crippen molar-refractivity contribution in [3.8, 4) is 11.1 Å². The molecule has 1 aliphatic heterocycles. The van der Waals surface area contributed by atoms with Crippen LogP contribution in [0.1, 0.15) is 35.1 Å². The molecule has 0 aliphatic carbocycles. The fourth-order valence-electron chi connectivity index (χ4n) is 4.06. The Labute approximate surface area is 178 Å². The molecule has 154 valence electrons. The molecule has 0 spiro atoms. The molecule has 1 atom stereocenters. The van der Waals surface area contributed by atoms with Gasteiger partial charge in [-0.1, -0.05) is 36.4 Å². The van der Waals surface area contributed by atoms with E-state index in [-0.39, 0.29) is 17.6 Å². The Morgan fingerprint density at radius 3 is 2.55 bits per heavy atom. The second-order valence-corrected chi connectivity index (χ2v) is 7.56. The van der Waals surface area contributed by atoms with E-state index < -0.39 is 4.92 Å². The Hall–Kier alpha value is -4.00. The molecule has 0 unspecified atom stereocenters. The summed E-state index contributed by atoms with van der Waals surface area (Å²) in [7, 11) is 0. The molecule has 0 saturated carbocycles. The third-order valence-corrected chi connectivity index (χ3v) is 5.64. The van der Waals surface area contributed by atoms with Crippen molar-refractivity contribution >= 4 is 22.7 Å². The number of non-ortho nitro benzene ring substituents is 1. The summed E-state index contributed by atoms with van der Waals surface area (Å²) in [5.41, 5.74) is 3.97. The largest absolute Gasteiger partial charge is 0.438 e. The van der Waals surface area contributed by atoms with Gasteiger partial charge in [0.15, 0.2) is 5.58 Å². The van der Waals surface area contributed by atoms with E-state index in [1.807, 2.05) is 48.5 Å². The average Bonchev–Trinajstić information content (AvgIpc) is 3.45. The monoisotopic (exact) mass is 413 g/mol. The molecule has 1 aromatic heterocycles. The number of benzene rings is 3. The zero-order chi connectivity index (χ0) is 21.4. The summed E-state index contributed by atoms with van der Waals surface area (Å²) >= 11 is 0. The molecule has 1 fully saturated rings. The highest BCUT2D eigenvalue weighted by molar-refractivity contribution is 5.95. The Morgan fingerprint density at radius 2 is 1.81 bits per heavy atom. The molecule has 5 rings (SSSR count). The van der Waals surface area contributed by atoms with Gasteiger partial charge in [-0.2, -0.15) is 0 Å². The second-order valence-electron chi connectivity index (χ2n) is 7.56. The van der Waals surface area contributed by atoms with Gasteiger partial charge in [0.2, 0.25) is 5.89 Å². The van der Waals surface area contributed by atoms with Gasteiger partial charge in [0.1, 0.15) is 11.6 Å². The maximum atomic E-state index is 13.1. The van der Waals surface area contributed by atoms with Crippen LogP contribution in [0.3, 0.4) is 0 Å². The van der Waals surface area contributed by atoms with Crippen molar-refractivity contribution < 1.29 is 14.1 Å². The van der Waals surface area contributed by atoms with Crippen LogP contribution in [0.15, 0.2) is 77.2 Å². The van der Waals surface area contributed by atoms with E-state index >= 15 is 0 Å². The summed E-state index contributed by atoms with van der Waals surface area (Å²) in [6, 6.07) is 21.4. The first-order chi connectivity index (χ1) is 15.1. The standard InChI is InChI=1S/C24H19N3O4/c28-24(17-8-11-19(12-9-17)27(29)30)26-14-4-7-21(26)23-25-20-15-18(10-13-22(20)31-23)16-5-2-1-3-6-16/h1-3,5-6,8-13,15,21H,4,7,14H2/t21-/m0/s1. The van der Waals surface area contributed by atoms with Gasteiger partial charge in [0.25, 0.3) is 11.6 Å². The van der Waals surface area contributed by atoms with Crippen LogP contribution in [0.4, 0.5) is 5.69 Å². The number of nitro benzene ring substituents is 1. The average molecular weight is 413 g/mol. The zero-order valence-corrected chi connectivity index (χ0v) is 16.6. The molecule has 31 heavy (non-hydrogen) atoms. The maximum absolute atomic E-state index is 13.1. The van der Waals surface area contributed by atoms with E-state index in [1.54, 1.807) is 4.90 Å². The van der Waals surface area contributed by atoms with Crippen molar-refractivity contribution in [1.82, 2.24) is 9.88 Å². The summed E-state index contributed by atoms with van der Waals surface area (Å²) in [5, 5.41) is 10.9. The Morgan fingerprint density at radius 1 is 1.03 bits per heavy atom. The van der Waals surface area contributed by atoms with Crippen LogP contribution in [0.25, 0.3) is 22.2 Å². The Bertz CT molecular complexity index is 1270. The number of nitro groups is 1. The number of amides is 1.